The van der Waals surface area contributed by atoms with Gasteiger partial charge in [-0.05, 0) is 40.0 Å². The van der Waals surface area contributed by atoms with Gasteiger partial charge in [-0.2, -0.15) is 0 Å². The van der Waals surface area contributed by atoms with Gasteiger partial charge in [-0.25, -0.2) is 0 Å². The third-order valence-corrected chi connectivity index (χ3v) is 4.47. The molecule has 4 atom stereocenters. The summed E-state index contributed by atoms with van der Waals surface area (Å²) in [6.45, 7) is 9.97. The molecule has 0 spiro atoms. The quantitative estimate of drug-likeness (QED) is 0.653. The van der Waals surface area contributed by atoms with Crippen molar-refractivity contribution in [2.75, 3.05) is 0 Å². The molecule has 1 aliphatic rings. The molecule has 0 bridgehead atoms. The number of hydrogen-bond acceptors (Lipinski definition) is 3. The van der Waals surface area contributed by atoms with Crippen molar-refractivity contribution in [1.29, 1.82) is 0 Å². The second-order valence-electron chi connectivity index (χ2n) is 5.59. The van der Waals surface area contributed by atoms with E-state index in [0.29, 0.717) is 6.42 Å². The zero-order valence-corrected chi connectivity index (χ0v) is 10.6. The largest absolute Gasteiger partial charge is 0.390 e. The van der Waals surface area contributed by atoms with E-state index < -0.39 is 17.2 Å². The third kappa shape index (κ3) is 1.93. The number of piperidine rings is 1. The van der Waals surface area contributed by atoms with Crippen LogP contribution in [0.5, 0.6) is 0 Å². The Morgan fingerprint density at radius 3 is 2.13 bits per heavy atom. The van der Waals surface area contributed by atoms with Gasteiger partial charge in [0.05, 0.1) is 6.10 Å². The fraction of sp³-hybridized carbons (Fsp3) is 1.00. The van der Waals surface area contributed by atoms with Crippen LogP contribution in [-0.2, 0) is 0 Å². The Morgan fingerprint density at radius 2 is 1.73 bits per heavy atom. The normalized spacial score (nSPS) is 51.8. The molecule has 0 radical (unpaired) electrons. The number of aliphatic hydroxyl groups excluding tert-OH is 1. The first-order valence-electron chi connectivity index (χ1n) is 5.90. The predicted octanol–water partition coefficient (Wildman–Crippen LogP) is 1.43. The van der Waals surface area contributed by atoms with E-state index in [0.717, 1.165) is 12.8 Å². The van der Waals surface area contributed by atoms with Crippen molar-refractivity contribution in [1.82, 2.24) is 5.32 Å². The fourth-order valence-electron chi connectivity index (χ4n) is 2.52. The predicted molar refractivity (Wildman–Crippen MR) is 61.8 cm³/mol. The molecule has 3 N–H and O–H groups in total. The SMILES string of the molecule is CCC1(C)CC(O)C(C)(O)C(C)(CC)N1. The summed E-state index contributed by atoms with van der Waals surface area (Å²) in [5.74, 6) is 0. The summed E-state index contributed by atoms with van der Waals surface area (Å²) in [5.41, 5.74) is -1.56. The summed E-state index contributed by atoms with van der Waals surface area (Å²) >= 11 is 0. The molecule has 0 aliphatic carbocycles. The van der Waals surface area contributed by atoms with Gasteiger partial charge in [0.15, 0.2) is 0 Å². The second kappa shape index (κ2) is 3.72. The number of rotatable bonds is 2. The van der Waals surface area contributed by atoms with Gasteiger partial charge in [0, 0.05) is 11.1 Å². The third-order valence-electron chi connectivity index (χ3n) is 4.47. The smallest absolute Gasteiger partial charge is 0.106 e. The van der Waals surface area contributed by atoms with E-state index in [4.69, 9.17) is 0 Å². The van der Waals surface area contributed by atoms with Crippen LogP contribution in [0.15, 0.2) is 0 Å². The van der Waals surface area contributed by atoms with Crippen molar-refractivity contribution in [2.45, 2.75) is 76.7 Å². The first-order chi connectivity index (χ1) is 6.71. The molecule has 0 amide bonds. The summed E-state index contributed by atoms with van der Waals surface area (Å²) in [7, 11) is 0. The van der Waals surface area contributed by atoms with E-state index in [-0.39, 0.29) is 5.54 Å². The van der Waals surface area contributed by atoms with Crippen molar-refractivity contribution >= 4 is 0 Å². The first kappa shape index (κ1) is 12.9. The van der Waals surface area contributed by atoms with E-state index in [1.54, 1.807) is 6.92 Å². The lowest BCUT2D eigenvalue weighted by Gasteiger charge is -2.56. The minimum absolute atomic E-state index is 0.0770. The maximum absolute atomic E-state index is 10.4. The lowest BCUT2D eigenvalue weighted by molar-refractivity contribution is -0.162. The molecule has 1 saturated heterocycles. The molecule has 1 fully saturated rings. The number of nitrogens with one attached hydrogen (secondary N) is 1. The summed E-state index contributed by atoms with van der Waals surface area (Å²) < 4.78 is 0. The summed E-state index contributed by atoms with van der Waals surface area (Å²) in [4.78, 5) is 0. The Labute approximate surface area is 92.9 Å². The van der Waals surface area contributed by atoms with Crippen LogP contribution in [0.1, 0.15) is 53.9 Å². The Morgan fingerprint density at radius 1 is 1.20 bits per heavy atom. The van der Waals surface area contributed by atoms with Gasteiger partial charge in [-0.3, -0.25) is 0 Å². The molecule has 3 heteroatoms. The minimum Gasteiger partial charge on any atom is -0.390 e. The standard InChI is InChI=1S/C12H25NO2/c1-6-10(3)8-9(14)12(5,15)11(4,7-2)13-10/h9,13-15H,6-8H2,1-5H3. The van der Waals surface area contributed by atoms with Gasteiger partial charge in [0.25, 0.3) is 0 Å². The molecule has 0 saturated carbocycles. The van der Waals surface area contributed by atoms with Gasteiger partial charge < -0.3 is 15.5 Å². The van der Waals surface area contributed by atoms with Gasteiger partial charge in [-0.15, -0.1) is 0 Å². The molecule has 15 heavy (non-hydrogen) atoms. The Bertz CT molecular complexity index is 242. The Hall–Kier alpha value is -0.120. The van der Waals surface area contributed by atoms with E-state index in [1.807, 2.05) is 13.8 Å². The van der Waals surface area contributed by atoms with Crippen LogP contribution in [0.2, 0.25) is 0 Å². The van der Waals surface area contributed by atoms with Gasteiger partial charge in [0.1, 0.15) is 5.60 Å². The lowest BCUT2D eigenvalue weighted by Crippen LogP contribution is -2.74. The first-order valence-corrected chi connectivity index (χ1v) is 5.90. The molecule has 1 heterocycles. The molecule has 3 nitrogen and oxygen atoms in total. The molecule has 90 valence electrons. The summed E-state index contributed by atoms with van der Waals surface area (Å²) in [6, 6.07) is 0. The number of aliphatic hydroxyl groups is 2. The molecule has 1 rings (SSSR count). The van der Waals surface area contributed by atoms with E-state index in [2.05, 4.69) is 19.2 Å². The Kier molecular flexibility index (Phi) is 3.21. The molecule has 0 aromatic rings. The van der Waals surface area contributed by atoms with Crippen LogP contribution in [0.25, 0.3) is 0 Å². The van der Waals surface area contributed by atoms with Gasteiger partial charge >= 0.3 is 0 Å². The lowest BCUT2D eigenvalue weighted by atomic mass is 9.67. The highest BCUT2D eigenvalue weighted by Gasteiger charge is 2.54. The minimum atomic E-state index is -1.06. The maximum Gasteiger partial charge on any atom is 0.106 e. The fourth-order valence-corrected chi connectivity index (χ4v) is 2.52. The molecule has 0 aromatic heterocycles. The van der Waals surface area contributed by atoms with Crippen LogP contribution < -0.4 is 5.32 Å². The van der Waals surface area contributed by atoms with E-state index in [9.17, 15) is 10.2 Å². The second-order valence-corrected chi connectivity index (χ2v) is 5.59. The molecule has 4 unspecified atom stereocenters. The van der Waals surface area contributed by atoms with Crippen LogP contribution in [-0.4, -0.2) is 33.0 Å². The summed E-state index contributed by atoms with van der Waals surface area (Å²) in [5, 5.41) is 24.0. The average Bonchev–Trinajstić information content (AvgIpc) is 2.15. The molecule has 1 aliphatic heterocycles. The van der Waals surface area contributed by atoms with Crippen molar-refractivity contribution < 1.29 is 10.2 Å². The highest BCUT2D eigenvalue weighted by atomic mass is 16.3. The van der Waals surface area contributed by atoms with Crippen LogP contribution in [0, 0.1) is 0 Å². The van der Waals surface area contributed by atoms with Crippen molar-refractivity contribution in [3.8, 4) is 0 Å². The van der Waals surface area contributed by atoms with Crippen LogP contribution in [0.4, 0.5) is 0 Å². The summed E-state index contributed by atoms with van der Waals surface area (Å²) in [6.07, 6.45) is 1.70. The van der Waals surface area contributed by atoms with E-state index in [1.165, 1.54) is 0 Å². The topological polar surface area (TPSA) is 52.5 Å². The zero-order chi connectivity index (χ0) is 11.9. The van der Waals surface area contributed by atoms with E-state index >= 15 is 0 Å². The van der Waals surface area contributed by atoms with Crippen molar-refractivity contribution in [2.24, 2.45) is 0 Å². The van der Waals surface area contributed by atoms with Crippen LogP contribution >= 0.6 is 0 Å². The highest BCUT2D eigenvalue weighted by Crippen LogP contribution is 2.39. The van der Waals surface area contributed by atoms with Crippen molar-refractivity contribution in [3.63, 3.8) is 0 Å². The molecular formula is C12H25NO2. The van der Waals surface area contributed by atoms with Gasteiger partial charge in [0.2, 0.25) is 0 Å². The Balaban J connectivity index is 3.03. The van der Waals surface area contributed by atoms with Crippen molar-refractivity contribution in [3.05, 3.63) is 0 Å². The highest BCUT2D eigenvalue weighted by molar-refractivity contribution is 5.12. The molecule has 0 aromatic carbocycles. The average molecular weight is 215 g/mol. The monoisotopic (exact) mass is 215 g/mol. The molecular weight excluding hydrogens is 190 g/mol. The zero-order valence-electron chi connectivity index (χ0n) is 10.6. The van der Waals surface area contributed by atoms with Crippen LogP contribution in [0.3, 0.4) is 0 Å². The maximum atomic E-state index is 10.4. The number of hydrogen-bond donors (Lipinski definition) is 3. The van der Waals surface area contributed by atoms with Gasteiger partial charge in [-0.1, -0.05) is 13.8 Å².